The van der Waals surface area contributed by atoms with Gasteiger partial charge in [0.25, 0.3) is 0 Å². The van der Waals surface area contributed by atoms with Crippen molar-refractivity contribution in [1.29, 1.82) is 0 Å². The Kier molecular flexibility index (Phi) is 7.04. The summed E-state index contributed by atoms with van der Waals surface area (Å²) in [4.78, 5) is 0. The average Bonchev–Trinajstić information content (AvgIpc) is 2.49. The minimum Gasteiger partial charge on any atom is -0.375 e. The van der Waals surface area contributed by atoms with Crippen LogP contribution in [0.3, 0.4) is 0 Å². The van der Waals surface area contributed by atoms with Crippen molar-refractivity contribution in [2.45, 2.75) is 51.7 Å². The molecule has 2 rings (SSSR count). The quantitative estimate of drug-likeness (QED) is 0.348. The fourth-order valence-corrected chi connectivity index (χ4v) is 1.58. The summed E-state index contributed by atoms with van der Waals surface area (Å²) >= 11 is 0. The van der Waals surface area contributed by atoms with Crippen LogP contribution in [0.2, 0.25) is 0 Å². The zero-order valence-electron chi connectivity index (χ0n) is 7.97. The number of hydrogen-bond acceptors (Lipinski definition) is 1. The van der Waals surface area contributed by atoms with Crippen molar-refractivity contribution >= 4 is 0 Å². The van der Waals surface area contributed by atoms with E-state index < -0.39 is 0 Å². The van der Waals surface area contributed by atoms with E-state index in [-0.39, 0.29) is 29.6 Å². The maximum absolute atomic E-state index is 5.47. The monoisotopic (exact) mass is 164 g/mol. The van der Waals surface area contributed by atoms with Crippen molar-refractivity contribution in [3.05, 3.63) is 6.42 Å². The summed E-state index contributed by atoms with van der Waals surface area (Å²) in [7, 11) is 0. The van der Waals surface area contributed by atoms with Gasteiger partial charge in [-0.2, -0.15) is 13.8 Å². The van der Waals surface area contributed by atoms with Crippen molar-refractivity contribution in [3.8, 4) is 0 Å². The van der Waals surface area contributed by atoms with Crippen molar-refractivity contribution in [1.82, 2.24) is 0 Å². The summed E-state index contributed by atoms with van der Waals surface area (Å²) < 4.78 is 5.47. The number of fused-ring (bicyclic) bond motifs is 2. The molecule has 2 aliphatic heterocycles. The van der Waals surface area contributed by atoms with Crippen molar-refractivity contribution in [2.24, 2.45) is 0 Å². The number of rotatable bonds is 0. The zero-order valence-corrected chi connectivity index (χ0v) is 9.97. The third-order valence-electron chi connectivity index (χ3n) is 2.01. The maximum Gasteiger partial charge on any atom is 1.00 e. The molecule has 0 amide bonds. The molecular weight excluding hydrogens is 147 g/mol. The summed E-state index contributed by atoms with van der Waals surface area (Å²) in [6.45, 7) is 4.00. The molecule has 11 heavy (non-hydrogen) atoms. The van der Waals surface area contributed by atoms with Gasteiger partial charge in [-0.15, -0.1) is 0 Å². The Morgan fingerprint density at radius 2 is 1.27 bits per heavy atom. The molecular formula is C9H17NaO. The van der Waals surface area contributed by atoms with Gasteiger partial charge in [0, 0.05) is 0 Å². The molecule has 2 heteroatoms. The summed E-state index contributed by atoms with van der Waals surface area (Å²) in [5.41, 5.74) is 0. The van der Waals surface area contributed by atoms with Gasteiger partial charge in [0.15, 0.2) is 0 Å². The van der Waals surface area contributed by atoms with E-state index in [0.29, 0.717) is 12.2 Å². The van der Waals surface area contributed by atoms with E-state index in [1.165, 1.54) is 25.7 Å². The van der Waals surface area contributed by atoms with Crippen molar-refractivity contribution < 1.29 is 34.3 Å². The van der Waals surface area contributed by atoms with Crippen LogP contribution >= 0.6 is 0 Å². The molecule has 2 saturated heterocycles. The third kappa shape index (κ3) is 3.93. The zero-order chi connectivity index (χ0) is 7.40. The standard InChI is InChI=1S/C6H10O.C3H7.Na/c1-2-6-4-3-5(1)7-6;1-3-2;/h5-6H,1-4H2;3H,1-2H3;/q;-1;+1. The molecule has 0 atom stereocenters. The first-order valence-corrected chi connectivity index (χ1v) is 4.26. The maximum atomic E-state index is 5.47. The van der Waals surface area contributed by atoms with Crippen LogP contribution in [0, 0.1) is 6.42 Å². The third-order valence-corrected chi connectivity index (χ3v) is 2.01. The van der Waals surface area contributed by atoms with Gasteiger partial charge in [-0.25, -0.2) is 0 Å². The molecule has 0 aromatic carbocycles. The Bertz CT molecular complexity index is 77.6. The molecule has 0 aromatic heterocycles. The van der Waals surface area contributed by atoms with Gasteiger partial charge in [-0.1, -0.05) is 0 Å². The molecule has 2 bridgehead atoms. The Hall–Kier alpha value is 0.960. The SMILES string of the molecule is C1CC2CCC1O2.C[CH-]C.[Na+]. The van der Waals surface area contributed by atoms with Gasteiger partial charge in [0.2, 0.25) is 0 Å². The molecule has 0 radical (unpaired) electrons. The van der Waals surface area contributed by atoms with Gasteiger partial charge in [0.05, 0.1) is 12.2 Å². The van der Waals surface area contributed by atoms with Gasteiger partial charge >= 0.3 is 29.6 Å². The second-order valence-corrected chi connectivity index (χ2v) is 3.11. The second-order valence-electron chi connectivity index (χ2n) is 3.11. The first kappa shape index (κ1) is 12.0. The van der Waals surface area contributed by atoms with E-state index in [2.05, 4.69) is 0 Å². The predicted molar refractivity (Wildman–Crippen MR) is 42.8 cm³/mol. The summed E-state index contributed by atoms with van der Waals surface area (Å²) in [5.74, 6) is 0. The van der Waals surface area contributed by atoms with Crippen LogP contribution in [0.4, 0.5) is 0 Å². The minimum absolute atomic E-state index is 0. The molecule has 2 heterocycles. The van der Waals surface area contributed by atoms with E-state index in [4.69, 9.17) is 4.74 Å². The van der Waals surface area contributed by atoms with Crippen LogP contribution in [0.15, 0.2) is 0 Å². The first-order chi connectivity index (χ1) is 4.86. The Morgan fingerprint density at radius 3 is 1.36 bits per heavy atom. The predicted octanol–water partition coefficient (Wildman–Crippen LogP) is -0.438. The minimum atomic E-state index is 0. The molecule has 60 valence electrons. The molecule has 0 saturated carbocycles. The number of ether oxygens (including phenoxy) is 1. The molecule has 0 aromatic rings. The van der Waals surface area contributed by atoms with E-state index in [1.54, 1.807) is 0 Å². The van der Waals surface area contributed by atoms with E-state index >= 15 is 0 Å². The number of hydrogen-bond donors (Lipinski definition) is 0. The summed E-state index contributed by atoms with van der Waals surface area (Å²) in [6.07, 6.45) is 8.69. The van der Waals surface area contributed by atoms with Gasteiger partial charge in [-0.3, -0.25) is 0 Å². The molecule has 0 spiro atoms. The fourth-order valence-electron chi connectivity index (χ4n) is 1.58. The topological polar surface area (TPSA) is 9.23 Å². The van der Waals surface area contributed by atoms with Crippen LogP contribution in [-0.4, -0.2) is 12.2 Å². The van der Waals surface area contributed by atoms with E-state index in [9.17, 15) is 0 Å². The fraction of sp³-hybridized carbons (Fsp3) is 0.889. The first-order valence-electron chi connectivity index (χ1n) is 4.26. The summed E-state index contributed by atoms with van der Waals surface area (Å²) in [5, 5.41) is 0. The van der Waals surface area contributed by atoms with Crippen LogP contribution in [-0.2, 0) is 4.74 Å². The van der Waals surface area contributed by atoms with Crippen LogP contribution < -0.4 is 29.6 Å². The van der Waals surface area contributed by atoms with Gasteiger partial charge < -0.3 is 11.2 Å². The largest absolute Gasteiger partial charge is 1.00 e. The van der Waals surface area contributed by atoms with Crippen LogP contribution in [0.25, 0.3) is 0 Å². The van der Waals surface area contributed by atoms with Gasteiger partial charge in [-0.05, 0) is 25.7 Å². The van der Waals surface area contributed by atoms with E-state index in [0.717, 1.165) is 0 Å². The van der Waals surface area contributed by atoms with E-state index in [1.807, 2.05) is 20.3 Å². The van der Waals surface area contributed by atoms with Crippen LogP contribution in [0.1, 0.15) is 39.5 Å². The molecule has 0 aliphatic carbocycles. The van der Waals surface area contributed by atoms with Gasteiger partial charge in [0.1, 0.15) is 0 Å². The van der Waals surface area contributed by atoms with Crippen molar-refractivity contribution in [3.63, 3.8) is 0 Å². The second kappa shape index (κ2) is 6.47. The van der Waals surface area contributed by atoms with Crippen LogP contribution in [0.5, 0.6) is 0 Å². The molecule has 1 nitrogen and oxygen atoms in total. The summed E-state index contributed by atoms with van der Waals surface area (Å²) in [6, 6.07) is 0. The molecule has 2 aliphatic rings. The van der Waals surface area contributed by atoms with Crippen molar-refractivity contribution in [2.75, 3.05) is 0 Å². The molecule has 0 unspecified atom stereocenters. The average molecular weight is 164 g/mol. The smallest absolute Gasteiger partial charge is 0.375 e. The Labute approximate surface area is 92.2 Å². The Morgan fingerprint density at radius 1 is 1.00 bits per heavy atom. The molecule has 2 fully saturated rings. The molecule has 0 N–H and O–H groups in total. The normalized spacial score (nSPS) is 32.2. The Balaban J connectivity index is 0.000000225.